The number of hydrogen-bond acceptors (Lipinski definition) is 3. The molecule has 25 heavy (non-hydrogen) atoms. The average Bonchev–Trinajstić information content (AvgIpc) is 2.58. The van der Waals surface area contributed by atoms with E-state index in [4.69, 9.17) is 21.1 Å². The lowest BCUT2D eigenvalue weighted by Gasteiger charge is -2.42. The molecular formula is C19H30ClN3O2. The minimum absolute atomic E-state index is 0.372. The number of methoxy groups -OCH3 is 1. The third-order valence-corrected chi connectivity index (χ3v) is 5.04. The van der Waals surface area contributed by atoms with E-state index in [1.165, 1.54) is 19.3 Å². The summed E-state index contributed by atoms with van der Waals surface area (Å²) in [6.07, 6.45) is 4.96. The van der Waals surface area contributed by atoms with Gasteiger partial charge in [-0.1, -0.05) is 30.2 Å². The number of aliphatic imine (C=N–C) groups is 1. The predicted octanol–water partition coefficient (Wildman–Crippen LogP) is 3.23. The second-order valence-electron chi connectivity index (χ2n) is 6.63. The maximum atomic E-state index is 5.97. The van der Waals surface area contributed by atoms with Crippen molar-refractivity contribution in [3.05, 3.63) is 34.9 Å². The Morgan fingerprint density at radius 3 is 2.76 bits per heavy atom. The van der Waals surface area contributed by atoms with Crippen LogP contribution < -0.4 is 10.6 Å². The normalized spacial score (nSPS) is 16.4. The quantitative estimate of drug-likeness (QED) is 0.379. The van der Waals surface area contributed by atoms with Gasteiger partial charge in [0.25, 0.3) is 0 Å². The van der Waals surface area contributed by atoms with Crippen molar-refractivity contribution in [2.75, 3.05) is 40.5 Å². The highest BCUT2D eigenvalue weighted by atomic mass is 35.5. The summed E-state index contributed by atoms with van der Waals surface area (Å²) in [4.78, 5) is 4.29. The van der Waals surface area contributed by atoms with Crippen molar-refractivity contribution in [2.24, 2.45) is 10.4 Å². The summed E-state index contributed by atoms with van der Waals surface area (Å²) in [5, 5.41) is 7.49. The van der Waals surface area contributed by atoms with Crippen LogP contribution in [0, 0.1) is 5.41 Å². The summed E-state index contributed by atoms with van der Waals surface area (Å²) < 4.78 is 10.9. The van der Waals surface area contributed by atoms with Gasteiger partial charge >= 0.3 is 0 Å². The first-order valence-corrected chi connectivity index (χ1v) is 9.31. The Kier molecular flexibility index (Phi) is 8.52. The molecule has 1 aliphatic rings. The van der Waals surface area contributed by atoms with Crippen molar-refractivity contribution in [1.29, 1.82) is 0 Å². The van der Waals surface area contributed by atoms with Gasteiger partial charge in [-0.2, -0.15) is 0 Å². The van der Waals surface area contributed by atoms with E-state index in [0.29, 0.717) is 25.2 Å². The molecule has 1 saturated carbocycles. The highest BCUT2D eigenvalue weighted by Crippen LogP contribution is 2.43. The summed E-state index contributed by atoms with van der Waals surface area (Å²) in [6.45, 7) is 3.66. The van der Waals surface area contributed by atoms with Crippen molar-refractivity contribution in [2.45, 2.75) is 32.3 Å². The van der Waals surface area contributed by atoms with E-state index in [1.807, 2.05) is 24.3 Å². The molecule has 1 fully saturated rings. The first kappa shape index (κ1) is 20.0. The fraction of sp³-hybridized carbons (Fsp3) is 0.632. The zero-order valence-corrected chi connectivity index (χ0v) is 16.1. The topological polar surface area (TPSA) is 54.9 Å². The first-order chi connectivity index (χ1) is 12.2. The standard InChI is InChI=1S/C19H30ClN3O2/c1-21-18(23-15-19(7-4-8-19)9-11-24-2)22-10-12-25-14-16-5-3-6-17(20)13-16/h3,5-6,13H,4,7-12,14-15H2,1-2H3,(H2,21,22,23). The number of halogens is 1. The van der Waals surface area contributed by atoms with Crippen molar-refractivity contribution < 1.29 is 9.47 Å². The molecule has 6 heteroatoms. The highest BCUT2D eigenvalue weighted by molar-refractivity contribution is 6.30. The Balaban J connectivity index is 1.62. The van der Waals surface area contributed by atoms with Gasteiger partial charge < -0.3 is 20.1 Å². The van der Waals surface area contributed by atoms with Gasteiger partial charge in [-0.25, -0.2) is 0 Å². The molecule has 140 valence electrons. The number of benzene rings is 1. The zero-order valence-electron chi connectivity index (χ0n) is 15.3. The predicted molar refractivity (Wildman–Crippen MR) is 103 cm³/mol. The van der Waals surface area contributed by atoms with E-state index in [2.05, 4.69) is 15.6 Å². The van der Waals surface area contributed by atoms with Gasteiger partial charge in [-0.3, -0.25) is 4.99 Å². The Hall–Kier alpha value is -1.30. The molecule has 1 aromatic rings. The van der Waals surface area contributed by atoms with Crippen LogP contribution in [-0.2, 0) is 16.1 Å². The van der Waals surface area contributed by atoms with Crippen molar-refractivity contribution in [3.63, 3.8) is 0 Å². The highest BCUT2D eigenvalue weighted by Gasteiger charge is 2.36. The van der Waals surface area contributed by atoms with Crippen LogP contribution in [0.15, 0.2) is 29.3 Å². The summed E-state index contributed by atoms with van der Waals surface area (Å²) in [7, 11) is 3.56. The Bertz CT molecular complexity index is 547. The molecule has 0 aromatic heterocycles. The lowest BCUT2D eigenvalue weighted by atomic mass is 9.67. The van der Waals surface area contributed by atoms with Gasteiger partial charge in [-0.15, -0.1) is 0 Å². The van der Waals surface area contributed by atoms with E-state index < -0.39 is 0 Å². The Morgan fingerprint density at radius 2 is 2.12 bits per heavy atom. The van der Waals surface area contributed by atoms with Crippen LogP contribution in [0.5, 0.6) is 0 Å². The van der Waals surface area contributed by atoms with Crippen molar-refractivity contribution in [1.82, 2.24) is 10.6 Å². The van der Waals surface area contributed by atoms with E-state index >= 15 is 0 Å². The maximum absolute atomic E-state index is 5.97. The molecule has 2 N–H and O–H groups in total. The van der Waals surface area contributed by atoms with Crippen LogP contribution in [0.2, 0.25) is 5.02 Å². The van der Waals surface area contributed by atoms with Crippen molar-refractivity contribution >= 4 is 17.6 Å². The lowest BCUT2D eigenvalue weighted by molar-refractivity contribution is 0.0731. The van der Waals surface area contributed by atoms with E-state index in [9.17, 15) is 0 Å². The minimum atomic E-state index is 0.372. The van der Waals surface area contributed by atoms with Gasteiger partial charge in [0.1, 0.15) is 0 Å². The summed E-state index contributed by atoms with van der Waals surface area (Å²) in [5.41, 5.74) is 1.46. The van der Waals surface area contributed by atoms with Crippen molar-refractivity contribution in [3.8, 4) is 0 Å². The SMILES string of the molecule is CN=C(NCCOCc1cccc(Cl)c1)NCC1(CCOC)CCC1. The third-order valence-electron chi connectivity index (χ3n) is 4.80. The van der Waals surface area contributed by atoms with Gasteiger partial charge in [-0.05, 0) is 42.4 Å². The first-order valence-electron chi connectivity index (χ1n) is 8.93. The molecule has 2 rings (SSSR count). The van der Waals surface area contributed by atoms with E-state index in [0.717, 1.165) is 36.1 Å². The van der Waals surface area contributed by atoms with Crippen LogP contribution in [0.1, 0.15) is 31.2 Å². The molecule has 0 spiro atoms. The largest absolute Gasteiger partial charge is 0.385 e. The molecule has 0 amide bonds. The molecule has 1 aromatic carbocycles. The summed E-state index contributed by atoms with van der Waals surface area (Å²) >= 11 is 5.97. The molecule has 0 bridgehead atoms. The van der Waals surface area contributed by atoms with Crippen LogP contribution in [0.3, 0.4) is 0 Å². The third kappa shape index (κ3) is 6.84. The molecule has 0 aliphatic heterocycles. The average molecular weight is 368 g/mol. The second kappa shape index (κ2) is 10.6. The van der Waals surface area contributed by atoms with Crippen LogP contribution in [-0.4, -0.2) is 46.4 Å². The summed E-state index contributed by atoms with van der Waals surface area (Å²) in [6, 6.07) is 7.74. The minimum Gasteiger partial charge on any atom is -0.385 e. The Morgan fingerprint density at radius 1 is 1.28 bits per heavy atom. The van der Waals surface area contributed by atoms with Crippen LogP contribution >= 0.6 is 11.6 Å². The van der Waals surface area contributed by atoms with Gasteiger partial charge in [0.15, 0.2) is 5.96 Å². The number of nitrogens with zero attached hydrogens (tertiary/aromatic N) is 1. The fourth-order valence-electron chi connectivity index (χ4n) is 3.06. The molecule has 0 unspecified atom stereocenters. The molecule has 5 nitrogen and oxygen atoms in total. The van der Waals surface area contributed by atoms with E-state index in [1.54, 1.807) is 14.2 Å². The van der Waals surface area contributed by atoms with Gasteiger partial charge in [0.05, 0.1) is 13.2 Å². The zero-order chi connectivity index (χ0) is 18.0. The lowest BCUT2D eigenvalue weighted by Crippen LogP contribution is -2.47. The van der Waals surface area contributed by atoms with E-state index in [-0.39, 0.29) is 0 Å². The number of ether oxygens (including phenoxy) is 2. The number of rotatable bonds is 10. The Labute approximate surface area is 156 Å². The van der Waals surface area contributed by atoms with Crippen LogP contribution in [0.4, 0.5) is 0 Å². The summed E-state index contributed by atoms with van der Waals surface area (Å²) in [5.74, 6) is 0.829. The number of nitrogens with one attached hydrogen (secondary N) is 2. The number of guanidine groups is 1. The van der Waals surface area contributed by atoms with Crippen LogP contribution in [0.25, 0.3) is 0 Å². The molecule has 0 atom stereocenters. The molecule has 1 aliphatic carbocycles. The number of hydrogen-bond donors (Lipinski definition) is 2. The molecule has 0 saturated heterocycles. The smallest absolute Gasteiger partial charge is 0.191 e. The van der Waals surface area contributed by atoms with Gasteiger partial charge in [0.2, 0.25) is 0 Å². The molecular weight excluding hydrogens is 338 g/mol. The molecule has 0 radical (unpaired) electrons. The fourth-order valence-corrected chi connectivity index (χ4v) is 3.27. The second-order valence-corrected chi connectivity index (χ2v) is 7.07. The maximum Gasteiger partial charge on any atom is 0.191 e. The van der Waals surface area contributed by atoms with Gasteiger partial charge in [0, 0.05) is 38.9 Å². The monoisotopic (exact) mass is 367 g/mol. The molecule has 0 heterocycles.